The van der Waals surface area contributed by atoms with Gasteiger partial charge in [-0.3, -0.25) is 0 Å². The largest absolute Gasteiger partial charge is 0.477 e. The van der Waals surface area contributed by atoms with Gasteiger partial charge in [0.1, 0.15) is 4.88 Å². The number of carbonyl (C=O) groups is 1. The lowest BCUT2D eigenvalue weighted by Crippen LogP contribution is -2.08. The summed E-state index contributed by atoms with van der Waals surface area (Å²) < 4.78 is 35.6. The number of aromatic carboxylic acids is 1. The maximum atomic E-state index is 11.9. The van der Waals surface area contributed by atoms with Crippen LogP contribution in [-0.4, -0.2) is 28.8 Å². The van der Waals surface area contributed by atoms with Crippen molar-refractivity contribution in [3.8, 4) is 0 Å². The molecule has 102 valence electrons. The molecule has 0 aromatic carbocycles. The van der Waals surface area contributed by atoms with Gasteiger partial charge < -0.3 is 10.4 Å². The first-order chi connectivity index (χ1) is 8.29. The van der Waals surface area contributed by atoms with Crippen LogP contribution in [0, 0.1) is 6.92 Å². The number of nitrogens with one attached hydrogen (secondary N) is 1. The van der Waals surface area contributed by atoms with Gasteiger partial charge >= 0.3 is 12.1 Å². The molecule has 0 aliphatic rings. The Morgan fingerprint density at radius 1 is 1.44 bits per heavy atom. The van der Waals surface area contributed by atoms with Crippen molar-refractivity contribution < 1.29 is 23.1 Å². The molecule has 4 nitrogen and oxygen atoms in total. The molecule has 1 rings (SSSR count). The lowest BCUT2D eigenvalue weighted by atomic mass is 10.2. The van der Waals surface area contributed by atoms with Gasteiger partial charge in [0.25, 0.3) is 0 Å². The third-order valence-corrected chi connectivity index (χ3v) is 3.26. The van der Waals surface area contributed by atoms with Crippen molar-refractivity contribution in [1.29, 1.82) is 0 Å². The molecule has 0 aliphatic heterocycles. The fraction of sp³-hybridized carbons (Fsp3) is 0.600. The van der Waals surface area contributed by atoms with Gasteiger partial charge in [-0.25, -0.2) is 9.78 Å². The molecule has 0 amide bonds. The average molecular weight is 282 g/mol. The van der Waals surface area contributed by atoms with E-state index in [2.05, 4.69) is 10.3 Å². The lowest BCUT2D eigenvalue weighted by molar-refractivity contribution is -0.135. The van der Waals surface area contributed by atoms with Gasteiger partial charge in [0, 0.05) is 13.0 Å². The number of aryl methyl sites for hydroxylation is 1. The van der Waals surface area contributed by atoms with E-state index in [1.165, 1.54) is 0 Å². The molecule has 0 saturated carbocycles. The normalized spacial score (nSPS) is 11.6. The number of unbranched alkanes of at least 4 members (excludes halogenated alkanes) is 1. The number of nitrogens with zero attached hydrogens (tertiary/aromatic N) is 1. The molecule has 1 aromatic heterocycles. The minimum atomic E-state index is -4.12. The highest BCUT2D eigenvalue weighted by atomic mass is 32.1. The molecule has 8 heteroatoms. The lowest BCUT2D eigenvalue weighted by Gasteiger charge is -2.05. The van der Waals surface area contributed by atoms with E-state index in [1.54, 1.807) is 6.92 Å². The number of carboxylic acid groups (broad SMARTS) is 1. The standard InChI is InChI=1S/C10H13F3N2O2S/c1-6-7(8(16)17)18-9(15-6)14-5-3-2-4-10(11,12)13/h2-5H2,1H3,(H,14,15)(H,16,17). The van der Waals surface area contributed by atoms with Crippen molar-refractivity contribution in [3.05, 3.63) is 10.6 Å². The second kappa shape index (κ2) is 6.03. The van der Waals surface area contributed by atoms with Crippen molar-refractivity contribution in [1.82, 2.24) is 4.98 Å². The summed E-state index contributed by atoms with van der Waals surface area (Å²) in [6.07, 6.45) is -4.51. The van der Waals surface area contributed by atoms with Crippen molar-refractivity contribution in [2.24, 2.45) is 0 Å². The number of aromatic nitrogens is 1. The molecular weight excluding hydrogens is 269 g/mol. The zero-order valence-corrected chi connectivity index (χ0v) is 10.5. The maximum absolute atomic E-state index is 11.9. The Labute approximate surface area is 106 Å². The molecule has 0 aliphatic carbocycles. The van der Waals surface area contributed by atoms with Crippen LogP contribution in [0.2, 0.25) is 0 Å². The van der Waals surface area contributed by atoms with E-state index in [9.17, 15) is 18.0 Å². The Kier molecular flexibility index (Phi) is 4.94. The quantitative estimate of drug-likeness (QED) is 0.786. The van der Waals surface area contributed by atoms with Gasteiger partial charge in [-0.1, -0.05) is 11.3 Å². The summed E-state index contributed by atoms with van der Waals surface area (Å²) in [6, 6.07) is 0. The van der Waals surface area contributed by atoms with Crippen LogP contribution in [0.3, 0.4) is 0 Å². The molecule has 18 heavy (non-hydrogen) atoms. The first kappa shape index (κ1) is 14.7. The van der Waals surface area contributed by atoms with Crippen LogP contribution in [-0.2, 0) is 0 Å². The molecule has 1 aromatic rings. The van der Waals surface area contributed by atoms with Crippen LogP contribution in [0.25, 0.3) is 0 Å². The fourth-order valence-electron chi connectivity index (χ4n) is 1.32. The number of hydrogen-bond acceptors (Lipinski definition) is 4. The van der Waals surface area contributed by atoms with E-state index < -0.39 is 18.6 Å². The topological polar surface area (TPSA) is 62.2 Å². The number of anilines is 1. The Balaban J connectivity index is 2.32. The molecule has 0 atom stereocenters. The highest BCUT2D eigenvalue weighted by molar-refractivity contribution is 7.17. The van der Waals surface area contributed by atoms with E-state index in [0.717, 1.165) is 11.3 Å². The number of alkyl halides is 3. The first-order valence-electron chi connectivity index (χ1n) is 5.31. The Morgan fingerprint density at radius 2 is 2.11 bits per heavy atom. The average Bonchev–Trinajstić information content (AvgIpc) is 2.57. The SMILES string of the molecule is Cc1nc(NCCCCC(F)(F)F)sc1C(=O)O. The number of halogens is 3. The summed E-state index contributed by atoms with van der Waals surface area (Å²) in [4.78, 5) is 14.9. The summed E-state index contributed by atoms with van der Waals surface area (Å²) in [5.74, 6) is -1.05. The van der Waals surface area contributed by atoms with Crippen molar-refractivity contribution in [3.63, 3.8) is 0 Å². The van der Waals surface area contributed by atoms with E-state index >= 15 is 0 Å². The van der Waals surface area contributed by atoms with Crippen molar-refractivity contribution >= 4 is 22.4 Å². The molecule has 0 saturated heterocycles. The highest BCUT2D eigenvalue weighted by Crippen LogP contribution is 2.24. The summed E-state index contributed by atoms with van der Waals surface area (Å²) in [5, 5.41) is 12.0. The smallest absolute Gasteiger partial charge is 0.389 e. The van der Waals surface area contributed by atoms with Gasteiger partial charge in [0.2, 0.25) is 0 Å². The minimum absolute atomic E-state index is 0.0483. The van der Waals surface area contributed by atoms with E-state index in [4.69, 9.17) is 5.11 Å². The van der Waals surface area contributed by atoms with E-state index in [1.807, 2.05) is 0 Å². The zero-order chi connectivity index (χ0) is 13.8. The molecule has 0 radical (unpaired) electrons. The van der Waals surface area contributed by atoms with Gasteiger partial charge in [-0.15, -0.1) is 0 Å². The van der Waals surface area contributed by atoms with Gasteiger partial charge in [0.15, 0.2) is 5.13 Å². The predicted octanol–water partition coefficient (Wildman–Crippen LogP) is 3.29. The second-order valence-corrected chi connectivity index (χ2v) is 4.74. The molecule has 0 spiro atoms. The second-order valence-electron chi connectivity index (χ2n) is 3.74. The van der Waals surface area contributed by atoms with Gasteiger partial charge in [0.05, 0.1) is 5.69 Å². The monoisotopic (exact) mass is 282 g/mol. The maximum Gasteiger partial charge on any atom is 0.389 e. The van der Waals surface area contributed by atoms with Gasteiger partial charge in [-0.05, 0) is 19.8 Å². The number of hydrogen-bond donors (Lipinski definition) is 2. The van der Waals surface area contributed by atoms with Crippen LogP contribution in [0.5, 0.6) is 0 Å². The zero-order valence-electron chi connectivity index (χ0n) is 9.67. The Bertz CT molecular complexity index is 418. The summed E-state index contributed by atoms with van der Waals surface area (Å²) in [5.41, 5.74) is 0.408. The van der Waals surface area contributed by atoms with Crippen LogP contribution in [0.1, 0.15) is 34.6 Å². The summed E-state index contributed by atoms with van der Waals surface area (Å²) in [7, 11) is 0. The first-order valence-corrected chi connectivity index (χ1v) is 6.12. The van der Waals surface area contributed by atoms with Crippen molar-refractivity contribution in [2.75, 3.05) is 11.9 Å². The summed E-state index contributed by atoms with van der Waals surface area (Å²) >= 11 is 0.987. The van der Waals surface area contributed by atoms with Crippen LogP contribution in [0.4, 0.5) is 18.3 Å². The molecule has 0 bridgehead atoms. The number of thiazole rings is 1. The molecule has 2 N–H and O–H groups in total. The Hall–Kier alpha value is -1.31. The molecular formula is C10H13F3N2O2S. The third-order valence-electron chi connectivity index (χ3n) is 2.15. The van der Waals surface area contributed by atoms with E-state index in [0.29, 0.717) is 23.8 Å². The molecule has 0 unspecified atom stereocenters. The number of carboxylic acids is 1. The number of rotatable bonds is 6. The molecule has 1 heterocycles. The Morgan fingerprint density at radius 3 is 2.61 bits per heavy atom. The van der Waals surface area contributed by atoms with Crippen LogP contribution >= 0.6 is 11.3 Å². The minimum Gasteiger partial charge on any atom is -0.477 e. The third kappa shape index (κ3) is 4.91. The van der Waals surface area contributed by atoms with E-state index in [-0.39, 0.29) is 11.3 Å². The molecule has 0 fully saturated rings. The van der Waals surface area contributed by atoms with Crippen LogP contribution in [0.15, 0.2) is 0 Å². The highest BCUT2D eigenvalue weighted by Gasteiger charge is 2.25. The van der Waals surface area contributed by atoms with Crippen LogP contribution < -0.4 is 5.32 Å². The fourth-order valence-corrected chi connectivity index (χ4v) is 2.15. The van der Waals surface area contributed by atoms with Crippen molar-refractivity contribution in [2.45, 2.75) is 32.4 Å². The predicted molar refractivity (Wildman–Crippen MR) is 62.2 cm³/mol. The van der Waals surface area contributed by atoms with Gasteiger partial charge in [-0.2, -0.15) is 13.2 Å². The summed E-state index contributed by atoms with van der Waals surface area (Å²) in [6.45, 7) is 1.93.